The highest BCUT2D eigenvalue weighted by Crippen LogP contribution is 2.17. The number of unbranched alkanes of at least 4 members (excludes halogenated alkanes) is 1. The lowest BCUT2D eigenvalue weighted by Gasteiger charge is -2.07. The van der Waals surface area contributed by atoms with E-state index in [2.05, 4.69) is 22.5 Å². The summed E-state index contributed by atoms with van der Waals surface area (Å²) in [4.78, 5) is 4.34. The molecule has 0 aliphatic carbocycles. The Kier molecular flexibility index (Phi) is 4.59. The highest BCUT2D eigenvalue weighted by Gasteiger charge is 2.06. The maximum Gasteiger partial charge on any atom is 0.201 e. The van der Waals surface area contributed by atoms with Crippen LogP contribution in [0.4, 0.5) is 5.95 Å². The topological polar surface area (TPSA) is 53.1 Å². The number of aryl methyl sites for hydroxylation is 1. The van der Waals surface area contributed by atoms with Gasteiger partial charge in [-0.2, -0.15) is 0 Å². The fraction of sp³-hybridized carbons (Fsp3) is 0.500. The number of rotatable bonds is 7. The van der Waals surface area contributed by atoms with Crippen LogP contribution in [0, 0.1) is 0 Å². The van der Waals surface area contributed by atoms with Crippen molar-refractivity contribution in [1.29, 1.82) is 0 Å². The summed E-state index contributed by atoms with van der Waals surface area (Å²) < 4.78 is 7.60. The Labute approximate surface area is 108 Å². The standard InChI is InChI=1S/C14H21N3O/c1-2-3-10-18-11-6-9-17-13-8-5-4-7-12(13)16-14(17)15/h4-5,7-8H,2-3,6,9-11H2,1H3,(H2,15,16). The SMILES string of the molecule is CCCCOCCCn1c(N)nc2ccccc21. The molecule has 0 unspecified atom stereocenters. The molecule has 0 saturated heterocycles. The van der Waals surface area contributed by atoms with Crippen molar-refractivity contribution in [1.82, 2.24) is 9.55 Å². The molecule has 0 radical (unpaired) electrons. The van der Waals surface area contributed by atoms with Crippen LogP contribution in [-0.2, 0) is 11.3 Å². The van der Waals surface area contributed by atoms with Crippen LogP contribution in [0.25, 0.3) is 11.0 Å². The quantitative estimate of drug-likeness (QED) is 0.765. The van der Waals surface area contributed by atoms with E-state index < -0.39 is 0 Å². The first kappa shape index (κ1) is 12.9. The number of fused-ring (bicyclic) bond motifs is 1. The molecule has 98 valence electrons. The molecule has 4 nitrogen and oxygen atoms in total. The minimum absolute atomic E-state index is 0.588. The number of benzene rings is 1. The molecule has 18 heavy (non-hydrogen) atoms. The van der Waals surface area contributed by atoms with Crippen LogP contribution in [0.2, 0.25) is 0 Å². The van der Waals surface area contributed by atoms with Gasteiger partial charge in [0.2, 0.25) is 5.95 Å². The van der Waals surface area contributed by atoms with Gasteiger partial charge in [-0.25, -0.2) is 4.98 Å². The zero-order valence-electron chi connectivity index (χ0n) is 10.9. The van der Waals surface area contributed by atoms with Crippen LogP contribution >= 0.6 is 0 Å². The maximum atomic E-state index is 5.93. The largest absolute Gasteiger partial charge is 0.381 e. The first-order valence-electron chi connectivity index (χ1n) is 6.61. The lowest BCUT2D eigenvalue weighted by Crippen LogP contribution is -2.06. The molecule has 0 bridgehead atoms. The van der Waals surface area contributed by atoms with Crippen molar-refractivity contribution in [3.05, 3.63) is 24.3 Å². The Morgan fingerprint density at radius 2 is 2.00 bits per heavy atom. The number of anilines is 1. The zero-order valence-corrected chi connectivity index (χ0v) is 10.9. The Bertz CT molecular complexity index is 493. The zero-order chi connectivity index (χ0) is 12.8. The fourth-order valence-electron chi connectivity index (χ4n) is 2.00. The summed E-state index contributed by atoms with van der Waals surface area (Å²) in [7, 11) is 0. The van der Waals surface area contributed by atoms with Crippen molar-refractivity contribution in [2.75, 3.05) is 18.9 Å². The maximum absolute atomic E-state index is 5.93. The predicted octanol–water partition coefficient (Wildman–Crippen LogP) is 2.83. The van der Waals surface area contributed by atoms with Gasteiger partial charge in [0, 0.05) is 19.8 Å². The van der Waals surface area contributed by atoms with Crippen LogP contribution < -0.4 is 5.73 Å². The van der Waals surface area contributed by atoms with Gasteiger partial charge in [-0.3, -0.25) is 0 Å². The molecule has 0 saturated carbocycles. The van der Waals surface area contributed by atoms with Gasteiger partial charge >= 0.3 is 0 Å². The van der Waals surface area contributed by atoms with Crippen molar-refractivity contribution < 1.29 is 4.74 Å². The van der Waals surface area contributed by atoms with E-state index in [0.717, 1.165) is 43.6 Å². The second kappa shape index (κ2) is 6.40. The van der Waals surface area contributed by atoms with E-state index in [-0.39, 0.29) is 0 Å². The van der Waals surface area contributed by atoms with E-state index in [1.165, 1.54) is 6.42 Å². The molecule has 4 heteroatoms. The van der Waals surface area contributed by atoms with E-state index in [9.17, 15) is 0 Å². The number of nitrogen functional groups attached to an aromatic ring is 1. The van der Waals surface area contributed by atoms with Crippen molar-refractivity contribution >= 4 is 17.0 Å². The minimum atomic E-state index is 0.588. The molecule has 0 amide bonds. The van der Waals surface area contributed by atoms with E-state index in [1.54, 1.807) is 0 Å². The first-order chi connectivity index (χ1) is 8.83. The second-order valence-electron chi connectivity index (χ2n) is 4.43. The van der Waals surface area contributed by atoms with Gasteiger partial charge in [0.25, 0.3) is 0 Å². The van der Waals surface area contributed by atoms with Gasteiger partial charge in [0.1, 0.15) is 0 Å². The second-order valence-corrected chi connectivity index (χ2v) is 4.43. The highest BCUT2D eigenvalue weighted by atomic mass is 16.5. The Morgan fingerprint density at radius 1 is 1.22 bits per heavy atom. The lowest BCUT2D eigenvalue weighted by atomic mass is 10.3. The number of nitrogens with two attached hydrogens (primary N) is 1. The highest BCUT2D eigenvalue weighted by molar-refractivity contribution is 5.78. The number of hydrogen-bond donors (Lipinski definition) is 1. The van der Waals surface area contributed by atoms with Crippen LogP contribution in [0.15, 0.2) is 24.3 Å². The molecule has 2 N–H and O–H groups in total. The summed E-state index contributed by atoms with van der Waals surface area (Å²) in [5.41, 5.74) is 7.99. The summed E-state index contributed by atoms with van der Waals surface area (Å²) >= 11 is 0. The molecule has 0 aliphatic heterocycles. The molecular formula is C14H21N3O. The summed E-state index contributed by atoms with van der Waals surface area (Å²) in [6, 6.07) is 8.03. The summed E-state index contributed by atoms with van der Waals surface area (Å²) in [6.45, 7) is 4.67. The van der Waals surface area contributed by atoms with Gasteiger partial charge in [0.15, 0.2) is 0 Å². The molecule has 1 aromatic heterocycles. The minimum Gasteiger partial charge on any atom is -0.381 e. The van der Waals surface area contributed by atoms with Crippen LogP contribution in [0.5, 0.6) is 0 Å². The number of ether oxygens (including phenoxy) is 1. The smallest absolute Gasteiger partial charge is 0.201 e. The summed E-state index contributed by atoms with van der Waals surface area (Å²) in [5, 5.41) is 0. The van der Waals surface area contributed by atoms with Gasteiger partial charge < -0.3 is 15.0 Å². The van der Waals surface area contributed by atoms with Crippen molar-refractivity contribution in [2.24, 2.45) is 0 Å². The normalized spacial score (nSPS) is 11.2. The van der Waals surface area contributed by atoms with Gasteiger partial charge in [0.05, 0.1) is 11.0 Å². The van der Waals surface area contributed by atoms with E-state index in [0.29, 0.717) is 5.95 Å². The number of imidazole rings is 1. The number of hydrogen-bond acceptors (Lipinski definition) is 3. The molecule has 0 spiro atoms. The average molecular weight is 247 g/mol. The monoisotopic (exact) mass is 247 g/mol. The number of aromatic nitrogens is 2. The first-order valence-corrected chi connectivity index (χ1v) is 6.61. The van der Waals surface area contributed by atoms with Crippen LogP contribution in [0.3, 0.4) is 0 Å². The Hall–Kier alpha value is -1.55. The van der Waals surface area contributed by atoms with E-state index >= 15 is 0 Å². The van der Waals surface area contributed by atoms with Crippen molar-refractivity contribution in [3.8, 4) is 0 Å². The van der Waals surface area contributed by atoms with Crippen LogP contribution in [0.1, 0.15) is 26.2 Å². The fourth-order valence-corrected chi connectivity index (χ4v) is 2.00. The summed E-state index contributed by atoms with van der Waals surface area (Å²) in [6.07, 6.45) is 3.28. The molecule has 0 atom stereocenters. The molecule has 1 aromatic carbocycles. The molecule has 1 heterocycles. The summed E-state index contributed by atoms with van der Waals surface area (Å²) in [5.74, 6) is 0.588. The Morgan fingerprint density at radius 3 is 2.83 bits per heavy atom. The van der Waals surface area contributed by atoms with Crippen molar-refractivity contribution in [3.63, 3.8) is 0 Å². The average Bonchev–Trinajstić information content (AvgIpc) is 2.70. The van der Waals surface area contributed by atoms with E-state index in [1.807, 2.05) is 18.2 Å². The molecule has 2 rings (SSSR count). The predicted molar refractivity (Wildman–Crippen MR) is 74.5 cm³/mol. The molecule has 2 aromatic rings. The number of para-hydroxylation sites is 2. The van der Waals surface area contributed by atoms with E-state index in [4.69, 9.17) is 10.5 Å². The Balaban J connectivity index is 1.89. The third-order valence-corrected chi connectivity index (χ3v) is 3.00. The lowest BCUT2D eigenvalue weighted by molar-refractivity contribution is 0.126. The van der Waals surface area contributed by atoms with Gasteiger partial charge in [-0.05, 0) is 25.0 Å². The van der Waals surface area contributed by atoms with Crippen molar-refractivity contribution in [2.45, 2.75) is 32.7 Å². The number of nitrogens with zero attached hydrogens (tertiary/aromatic N) is 2. The van der Waals surface area contributed by atoms with Gasteiger partial charge in [-0.15, -0.1) is 0 Å². The van der Waals surface area contributed by atoms with Crippen LogP contribution in [-0.4, -0.2) is 22.8 Å². The molecular weight excluding hydrogens is 226 g/mol. The third-order valence-electron chi connectivity index (χ3n) is 3.00. The van der Waals surface area contributed by atoms with Gasteiger partial charge in [-0.1, -0.05) is 25.5 Å². The molecule has 0 fully saturated rings. The third kappa shape index (κ3) is 3.01. The molecule has 0 aliphatic rings.